The summed E-state index contributed by atoms with van der Waals surface area (Å²) in [4.78, 5) is 31.9. The Kier molecular flexibility index (Phi) is 6.20. The fourth-order valence-electron chi connectivity index (χ4n) is 5.19. The number of rotatable bonds is 4. The first-order chi connectivity index (χ1) is 14.1. The van der Waals surface area contributed by atoms with Crippen LogP contribution in [-0.2, 0) is 20.7 Å². The molecule has 1 spiro atoms. The number of aryl methyl sites for hydroxylation is 1. The molecule has 3 heterocycles. The molecule has 0 aromatic heterocycles. The maximum Gasteiger partial charge on any atom is 0.240 e. The summed E-state index contributed by atoms with van der Waals surface area (Å²) in [6.07, 6.45) is 4.31. The molecule has 1 aromatic carbocycles. The van der Waals surface area contributed by atoms with Gasteiger partial charge in [0.2, 0.25) is 11.8 Å². The van der Waals surface area contributed by atoms with Crippen molar-refractivity contribution in [2.24, 2.45) is 5.41 Å². The van der Waals surface area contributed by atoms with Crippen molar-refractivity contribution >= 4 is 11.8 Å². The fourth-order valence-corrected chi connectivity index (χ4v) is 5.19. The zero-order valence-electron chi connectivity index (χ0n) is 17.5. The molecule has 0 radical (unpaired) electrons. The summed E-state index contributed by atoms with van der Waals surface area (Å²) in [7, 11) is 2.08. The van der Waals surface area contributed by atoms with Crippen molar-refractivity contribution in [1.29, 1.82) is 0 Å². The van der Waals surface area contributed by atoms with Crippen LogP contribution >= 0.6 is 0 Å². The van der Waals surface area contributed by atoms with E-state index in [1.54, 1.807) is 0 Å². The van der Waals surface area contributed by atoms with Gasteiger partial charge in [-0.1, -0.05) is 30.3 Å². The lowest BCUT2D eigenvalue weighted by Gasteiger charge is -2.39. The second kappa shape index (κ2) is 8.84. The average Bonchev–Trinajstić information content (AvgIpc) is 3.09. The van der Waals surface area contributed by atoms with Crippen LogP contribution in [0.25, 0.3) is 0 Å². The molecule has 6 nitrogen and oxygen atoms in total. The molecule has 3 fully saturated rings. The van der Waals surface area contributed by atoms with Gasteiger partial charge in [-0.3, -0.25) is 14.5 Å². The van der Waals surface area contributed by atoms with Gasteiger partial charge in [0, 0.05) is 39.1 Å². The minimum Gasteiger partial charge on any atom is -0.378 e. The van der Waals surface area contributed by atoms with Crippen molar-refractivity contribution in [2.75, 3.05) is 53.0 Å². The minimum absolute atomic E-state index is 0.0200. The summed E-state index contributed by atoms with van der Waals surface area (Å²) in [6.45, 7) is 5.31. The molecule has 1 atom stereocenters. The van der Waals surface area contributed by atoms with Crippen molar-refractivity contribution in [3.8, 4) is 0 Å². The van der Waals surface area contributed by atoms with E-state index in [1.807, 2.05) is 28.0 Å². The molecule has 2 amide bonds. The molecule has 1 aromatic rings. The van der Waals surface area contributed by atoms with E-state index in [9.17, 15) is 9.59 Å². The van der Waals surface area contributed by atoms with Gasteiger partial charge in [-0.15, -0.1) is 0 Å². The number of amides is 2. The molecule has 0 saturated carbocycles. The Labute approximate surface area is 173 Å². The van der Waals surface area contributed by atoms with Crippen LogP contribution in [-0.4, -0.2) is 85.5 Å². The lowest BCUT2D eigenvalue weighted by molar-refractivity contribution is -0.140. The van der Waals surface area contributed by atoms with Gasteiger partial charge in [0.1, 0.15) is 0 Å². The van der Waals surface area contributed by atoms with Gasteiger partial charge in [0.05, 0.1) is 19.3 Å². The predicted octanol–water partition coefficient (Wildman–Crippen LogP) is 1.79. The SMILES string of the molecule is CN1CC2(CCN(C(=O)CCc3ccccc3)CC2)CC1C(=O)N1CCOCC1. The number of piperidine rings is 1. The maximum atomic E-state index is 13.0. The van der Waals surface area contributed by atoms with Crippen LogP contribution < -0.4 is 0 Å². The number of ether oxygens (including phenoxy) is 1. The standard InChI is InChI=1S/C23H33N3O3/c1-24-18-23(17-20(24)22(28)26-13-15-29-16-14-26)9-11-25(12-10-23)21(27)8-7-19-5-3-2-4-6-19/h2-6,20H,7-18H2,1H3. The molecule has 0 N–H and O–H groups in total. The van der Waals surface area contributed by atoms with Gasteiger partial charge in [-0.2, -0.15) is 0 Å². The van der Waals surface area contributed by atoms with E-state index in [0.717, 1.165) is 45.3 Å². The second-order valence-corrected chi connectivity index (χ2v) is 8.94. The van der Waals surface area contributed by atoms with Crippen LogP contribution in [0.15, 0.2) is 30.3 Å². The van der Waals surface area contributed by atoms with E-state index in [2.05, 4.69) is 24.1 Å². The molecule has 6 heteroatoms. The molecule has 158 valence electrons. The lowest BCUT2D eigenvalue weighted by Crippen LogP contribution is -2.48. The molecule has 1 unspecified atom stereocenters. The first-order valence-electron chi connectivity index (χ1n) is 10.9. The summed E-state index contributed by atoms with van der Waals surface area (Å²) in [5.74, 6) is 0.519. The van der Waals surface area contributed by atoms with Gasteiger partial charge in [-0.05, 0) is 43.7 Å². The molecule has 3 aliphatic rings. The lowest BCUT2D eigenvalue weighted by atomic mass is 9.76. The zero-order chi connectivity index (χ0) is 20.3. The van der Waals surface area contributed by atoms with Crippen LogP contribution in [0.4, 0.5) is 0 Å². The van der Waals surface area contributed by atoms with Gasteiger partial charge in [0.25, 0.3) is 0 Å². The number of carbonyl (C=O) groups excluding carboxylic acids is 2. The normalized spacial score (nSPS) is 24.8. The highest BCUT2D eigenvalue weighted by atomic mass is 16.5. The number of hydrogen-bond acceptors (Lipinski definition) is 4. The quantitative estimate of drug-likeness (QED) is 0.775. The summed E-state index contributed by atoms with van der Waals surface area (Å²) < 4.78 is 5.39. The van der Waals surface area contributed by atoms with Crippen molar-refractivity contribution in [3.63, 3.8) is 0 Å². The number of likely N-dealkylation sites (tertiary alicyclic amines) is 2. The Bertz CT molecular complexity index is 709. The number of carbonyl (C=O) groups is 2. The molecule has 0 bridgehead atoms. The second-order valence-electron chi connectivity index (χ2n) is 8.94. The number of morpholine rings is 1. The van der Waals surface area contributed by atoms with Crippen LogP contribution in [0.3, 0.4) is 0 Å². The summed E-state index contributed by atoms with van der Waals surface area (Å²) in [5.41, 5.74) is 1.40. The molecule has 4 rings (SSSR count). The van der Waals surface area contributed by atoms with Gasteiger partial charge in [-0.25, -0.2) is 0 Å². The number of benzene rings is 1. The third kappa shape index (κ3) is 4.64. The first kappa shape index (κ1) is 20.4. The van der Waals surface area contributed by atoms with Gasteiger partial charge < -0.3 is 14.5 Å². The van der Waals surface area contributed by atoms with E-state index < -0.39 is 0 Å². The van der Waals surface area contributed by atoms with E-state index in [4.69, 9.17) is 4.74 Å². The topological polar surface area (TPSA) is 53.1 Å². The molecule has 3 saturated heterocycles. The summed E-state index contributed by atoms with van der Waals surface area (Å²) >= 11 is 0. The maximum absolute atomic E-state index is 13.0. The van der Waals surface area contributed by atoms with E-state index >= 15 is 0 Å². The molecule has 29 heavy (non-hydrogen) atoms. The summed E-state index contributed by atoms with van der Waals surface area (Å²) in [5, 5.41) is 0. The zero-order valence-corrected chi connectivity index (χ0v) is 17.5. The van der Waals surface area contributed by atoms with Crippen LogP contribution in [0.2, 0.25) is 0 Å². The van der Waals surface area contributed by atoms with Crippen molar-refractivity contribution in [3.05, 3.63) is 35.9 Å². The highest BCUT2D eigenvalue weighted by Gasteiger charge is 2.47. The van der Waals surface area contributed by atoms with E-state index in [-0.39, 0.29) is 23.3 Å². The smallest absolute Gasteiger partial charge is 0.240 e. The molecular formula is C23H33N3O3. The molecular weight excluding hydrogens is 366 g/mol. The van der Waals surface area contributed by atoms with Crippen LogP contribution in [0.1, 0.15) is 31.2 Å². The average molecular weight is 400 g/mol. The van der Waals surface area contributed by atoms with Crippen molar-refractivity contribution in [1.82, 2.24) is 14.7 Å². The Morgan fingerprint density at radius 3 is 2.41 bits per heavy atom. The Morgan fingerprint density at radius 2 is 1.72 bits per heavy atom. The van der Waals surface area contributed by atoms with E-state index in [0.29, 0.717) is 32.7 Å². The molecule has 3 aliphatic heterocycles. The predicted molar refractivity (Wildman–Crippen MR) is 111 cm³/mol. The summed E-state index contributed by atoms with van der Waals surface area (Å²) in [6, 6.07) is 10.2. The Morgan fingerprint density at radius 1 is 1.03 bits per heavy atom. The number of hydrogen-bond donors (Lipinski definition) is 0. The Hall–Kier alpha value is -1.92. The third-order valence-corrected chi connectivity index (χ3v) is 7.00. The van der Waals surface area contributed by atoms with Crippen LogP contribution in [0.5, 0.6) is 0 Å². The number of likely N-dealkylation sites (N-methyl/N-ethyl adjacent to an activating group) is 1. The highest BCUT2D eigenvalue weighted by molar-refractivity contribution is 5.82. The number of nitrogens with zero attached hydrogens (tertiary/aromatic N) is 3. The van der Waals surface area contributed by atoms with Crippen LogP contribution in [0, 0.1) is 5.41 Å². The monoisotopic (exact) mass is 399 g/mol. The highest BCUT2D eigenvalue weighted by Crippen LogP contribution is 2.43. The molecule has 0 aliphatic carbocycles. The van der Waals surface area contributed by atoms with Crippen molar-refractivity contribution in [2.45, 2.75) is 38.1 Å². The Balaban J connectivity index is 1.28. The first-order valence-corrected chi connectivity index (χ1v) is 10.9. The van der Waals surface area contributed by atoms with E-state index in [1.165, 1.54) is 5.56 Å². The fraction of sp³-hybridized carbons (Fsp3) is 0.652. The van der Waals surface area contributed by atoms with Gasteiger partial charge >= 0.3 is 0 Å². The van der Waals surface area contributed by atoms with Gasteiger partial charge in [0.15, 0.2) is 0 Å². The minimum atomic E-state index is -0.0200. The third-order valence-electron chi connectivity index (χ3n) is 7.00. The largest absolute Gasteiger partial charge is 0.378 e. The van der Waals surface area contributed by atoms with Crippen molar-refractivity contribution < 1.29 is 14.3 Å².